The monoisotopic (exact) mass is 329 g/mol. The van der Waals surface area contributed by atoms with E-state index in [1.807, 2.05) is 0 Å². The van der Waals surface area contributed by atoms with Gasteiger partial charge in [-0.3, -0.25) is 0 Å². The largest absolute Gasteiger partial charge is 0.313 e. The van der Waals surface area contributed by atoms with Crippen molar-refractivity contribution in [3.8, 4) is 0 Å². The van der Waals surface area contributed by atoms with Gasteiger partial charge in [-0.2, -0.15) is 11.8 Å². The summed E-state index contributed by atoms with van der Waals surface area (Å²) in [5, 5.41) is 4.35. The zero-order valence-corrected chi connectivity index (χ0v) is 14.0. The van der Waals surface area contributed by atoms with Crippen molar-refractivity contribution in [3.63, 3.8) is 0 Å². The van der Waals surface area contributed by atoms with Crippen molar-refractivity contribution in [1.29, 1.82) is 0 Å². The van der Waals surface area contributed by atoms with Crippen LogP contribution in [0.4, 0.5) is 0 Å². The molecule has 3 heteroatoms. The van der Waals surface area contributed by atoms with Crippen LogP contribution in [0, 0.1) is 0 Å². The van der Waals surface area contributed by atoms with Crippen LogP contribution in [0.2, 0.25) is 0 Å². The van der Waals surface area contributed by atoms with Gasteiger partial charge in [0.15, 0.2) is 0 Å². The number of halogens is 1. The van der Waals surface area contributed by atoms with E-state index in [1.54, 1.807) is 0 Å². The lowest BCUT2D eigenvalue weighted by Crippen LogP contribution is -2.33. The predicted octanol–water partition coefficient (Wildman–Crippen LogP) is 4.50. The van der Waals surface area contributed by atoms with E-state index < -0.39 is 0 Å². The first-order chi connectivity index (χ1) is 8.65. The summed E-state index contributed by atoms with van der Waals surface area (Å²) in [6, 6.07) is 9.20. The maximum atomic E-state index is 3.59. The number of likely N-dealkylation sites (N-methyl/N-ethyl adjacent to an activating group) is 1. The molecule has 0 saturated carbocycles. The minimum atomic E-state index is 0.573. The third kappa shape index (κ3) is 6.26. The highest BCUT2D eigenvalue weighted by atomic mass is 79.9. The van der Waals surface area contributed by atoms with Crippen LogP contribution >= 0.6 is 27.7 Å². The quantitative estimate of drug-likeness (QED) is 0.753. The standard InChI is InChI=1S/C15H24BrNS/c1-4-12(3)18-11-15(17-5-2)10-13-7-6-8-14(16)9-13/h6-9,12,15,17H,4-5,10-11H2,1-3H3. The van der Waals surface area contributed by atoms with Gasteiger partial charge in [0, 0.05) is 21.5 Å². The van der Waals surface area contributed by atoms with Crippen molar-refractivity contribution >= 4 is 27.7 Å². The van der Waals surface area contributed by atoms with E-state index in [9.17, 15) is 0 Å². The van der Waals surface area contributed by atoms with Gasteiger partial charge in [-0.15, -0.1) is 0 Å². The molecule has 0 amide bonds. The molecule has 0 radical (unpaired) electrons. The second-order valence-electron chi connectivity index (χ2n) is 4.64. The van der Waals surface area contributed by atoms with Crippen LogP contribution in [0.15, 0.2) is 28.7 Å². The number of nitrogens with one attached hydrogen (secondary N) is 1. The van der Waals surface area contributed by atoms with Gasteiger partial charge in [0.25, 0.3) is 0 Å². The maximum absolute atomic E-state index is 3.59. The Morgan fingerprint density at radius 2 is 2.11 bits per heavy atom. The van der Waals surface area contributed by atoms with E-state index in [1.165, 1.54) is 22.2 Å². The molecule has 0 aliphatic carbocycles. The Kier molecular flexibility index (Phi) is 8.03. The van der Waals surface area contributed by atoms with Crippen molar-refractivity contribution in [2.24, 2.45) is 0 Å². The van der Waals surface area contributed by atoms with Crippen LogP contribution in [0.1, 0.15) is 32.8 Å². The molecule has 0 aromatic heterocycles. The molecule has 0 aliphatic rings. The van der Waals surface area contributed by atoms with Crippen LogP contribution in [-0.4, -0.2) is 23.6 Å². The zero-order valence-electron chi connectivity index (χ0n) is 11.6. The third-order valence-electron chi connectivity index (χ3n) is 3.02. The molecule has 1 N–H and O–H groups in total. The lowest BCUT2D eigenvalue weighted by molar-refractivity contribution is 0.572. The molecule has 1 aromatic rings. The highest BCUT2D eigenvalue weighted by molar-refractivity contribution is 9.10. The summed E-state index contributed by atoms with van der Waals surface area (Å²) in [5.74, 6) is 1.19. The molecule has 0 aliphatic heterocycles. The summed E-state index contributed by atoms with van der Waals surface area (Å²) in [7, 11) is 0. The second-order valence-corrected chi connectivity index (χ2v) is 7.03. The normalized spacial score (nSPS) is 14.4. The van der Waals surface area contributed by atoms with Gasteiger partial charge in [0.2, 0.25) is 0 Å². The van der Waals surface area contributed by atoms with E-state index in [4.69, 9.17) is 0 Å². The van der Waals surface area contributed by atoms with Crippen molar-refractivity contribution in [2.75, 3.05) is 12.3 Å². The molecule has 2 atom stereocenters. The summed E-state index contributed by atoms with van der Waals surface area (Å²) in [4.78, 5) is 0. The molecule has 0 spiro atoms. The van der Waals surface area contributed by atoms with Gasteiger partial charge in [-0.25, -0.2) is 0 Å². The first-order valence-electron chi connectivity index (χ1n) is 6.75. The molecule has 1 nitrogen and oxygen atoms in total. The molecule has 0 saturated heterocycles. The first-order valence-corrected chi connectivity index (χ1v) is 8.59. The Balaban J connectivity index is 2.51. The molecule has 102 valence electrons. The molecule has 18 heavy (non-hydrogen) atoms. The summed E-state index contributed by atoms with van der Waals surface area (Å²) in [6.45, 7) is 7.79. The van der Waals surface area contributed by atoms with Crippen molar-refractivity contribution < 1.29 is 0 Å². The number of rotatable bonds is 8. The van der Waals surface area contributed by atoms with Crippen molar-refractivity contribution in [3.05, 3.63) is 34.3 Å². The van der Waals surface area contributed by atoms with Crippen molar-refractivity contribution in [2.45, 2.75) is 44.9 Å². The second kappa shape index (κ2) is 9.00. The molecule has 0 heterocycles. The van der Waals surface area contributed by atoms with Gasteiger partial charge < -0.3 is 5.32 Å². The summed E-state index contributed by atoms with van der Waals surface area (Å²) in [5.41, 5.74) is 1.40. The Bertz CT molecular complexity index is 343. The lowest BCUT2D eigenvalue weighted by Gasteiger charge is -2.19. The van der Waals surface area contributed by atoms with Gasteiger partial charge in [0.1, 0.15) is 0 Å². The summed E-state index contributed by atoms with van der Waals surface area (Å²) >= 11 is 5.61. The average Bonchev–Trinajstić information content (AvgIpc) is 2.36. The average molecular weight is 330 g/mol. The van der Waals surface area contributed by atoms with Gasteiger partial charge in [-0.1, -0.05) is 48.8 Å². The zero-order chi connectivity index (χ0) is 13.4. The molecular weight excluding hydrogens is 306 g/mol. The molecule has 2 unspecified atom stereocenters. The van der Waals surface area contributed by atoms with Crippen LogP contribution in [-0.2, 0) is 6.42 Å². The maximum Gasteiger partial charge on any atom is 0.0198 e. The van der Waals surface area contributed by atoms with Crippen LogP contribution < -0.4 is 5.32 Å². The molecule has 0 bridgehead atoms. The van der Waals surface area contributed by atoms with Gasteiger partial charge in [-0.05, 0) is 37.1 Å². The van der Waals surface area contributed by atoms with Crippen LogP contribution in [0.25, 0.3) is 0 Å². The lowest BCUT2D eigenvalue weighted by atomic mass is 10.1. The van der Waals surface area contributed by atoms with Crippen LogP contribution in [0.3, 0.4) is 0 Å². The Morgan fingerprint density at radius 1 is 1.33 bits per heavy atom. The number of thioether (sulfide) groups is 1. The Hall–Kier alpha value is 0.01000. The van der Waals surface area contributed by atoms with E-state index >= 15 is 0 Å². The topological polar surface area (TPSA) is 12.0 Å². The molecular formula is C15H24BrNS. The Morgan fingerprint density at radius 3 is 2.72 bits per heavy atom. The van der Waals surface area contributed by atoms with Gasteiger partial charge >= 0.3 is 0 Å². The molecule has 1 rings (SSSR count). The van der Waals surface area contributed by atoms with Crippen molar-refractivity contribution in [1.82, 2.24) is 5.32 Å². The molecule has 1 aromatic carbocycles. The minimum Gasteiger partial charge on any atom is -0.313 e. The smallest absolute Gasteiger partial charge is 0.0198 e. The first kappa shape index (κ1) is 16.1. The predicted molar refractivity (Wildman–Crippen MR) is 87.5 cm³/mol. The summed E-state index contributed by atoms with van der Waals surface area (Å²) in [6.07, 6.45) is 2.36. The number of hydrogen-bond donors (Lipinski definition) is 1. The van der Waals surface area contributed by atoms with E-state index in [0.717, 1.165) is 18.2 Å². The molecule has 0 fully saturated rings. The van der Waals surface area contributed by atoms with Crippen LogP contribution in [0.5, 0.6) is 0 Å². The Labute approximate surface area is 124 Å². The fourth-order valence-corrected chi connectivity index (χ4v) is 3.30. The SMILES string of the molecule is CCNC(CSC(C)CC)Cc1cccc(Br)c1. The van der Waals surface area contributed by atoms with E-state index in [0.29, 0.717) is 6.04 Å². The fraction of sp³-hybridized carbons (Fsp3) is 0.600. The number of hydrogen-bond acceptors (Lipinski definition) is 2. The van der Waals surface area contributed by atoms with E-state index in [-0.39, 0.29) is 0 Å². The highest BCUT2D eigenvalue weighted by Gasteiger charge is 2.10. The minimum absolute atomic E-state index is 0.573. The fourth-order valence-electron chi connectivity index (χ4n) is 1.83. The highest BCUT2D eigenvalue weighted by Crippen LogP contribution is 2.18. The van der Waals surface area contributed by atoms with Gasteiger partial charge in [0.05, 0.1) is 0 Å². The summed E-state index contributed by atoms with van der Waals surface area (Å²) < 4.78 is 1.17. The number of benzene rings is 1. The third-order valence-corrected chi connectivity index (χ3v) is 5.01. The van der Waals surface area contributed by atoms with E-state index in [2.05, 4.69) is 78.0 Å².